The van der Waals surface area contributed by atoms with Gasteiger partial charge in [-0.3, -0.25) is 4.79 Å². The Morgan fingerprint density at radius 2 is 2.26 bits per heavy atom. The minimum Gasteiger partial charge on any atom is -0.481 e. The zero-order chi connectivity index (χ0) is 16.0. The number of aromatic nitrogens is 4. The van der Waals surface area contributed by atoms with E-state index in [2.05, 4.69) is 15.1 Å². The molecule has 0 radical (unpaired) electrons. The smallest absolute Gasteiger partial charge is 0.303 e. The molecule has 0 aliphatic heterocycles. The maximum absolute atomic E-state index is 11.1. The van der Waals surface area contributed by atoms with Crippen LogP contribution in [0.15, 0.2) is 24.3 Å². The van der Waals surface area contributed by atoms with E-state index in [9.17, 15) is 4.79 Å². The Morgan fingerprint density at radius 3 is 3.04 bits per heavy atom. The van der Waals surface area contributed by atoms with E-state index in [0.29, 0.717) is 5.95 Å². The molecule has 0 bridgehead atoms. The molecule has 2 heterocycles. The third-order valence-electron chi connectivity index (χ3n) is 4.58. The number of carboxylic acid groups (broad SMARTS) is 1. The SMILES string of the molecule is Cc1nn(-c2nc3ccccc3[nH]2)c2c1C(CC(=O)O)CCC2. The Balaban J connectivity index is 1.83. The van der Waals surface area contributed by atoms with E-state index >= 15 is 0 Å². The fourth-order valence-electron chi connectivity index (χ4n) is 3.65. The number of benzene rings is 1. The summed E-state index contributed by atoms with van der Waals surface area (Å²) in [6, 6.07) is 7.88. The molecule has 23 heavy (non-hydrogen) atoms. The molecule has 4 rings (SSSR count). The van der Waals surface area contributed by atoms with Crippen molar-refractivity contribution in [1.82, 2.24) is 19.7 Å². The fraction of sp³-hybridized carbons (Fsp3) is 0.353. The number of carbonyl (C=O) groups is 1. The average Bonchev–Trinajstić information content (AvgIpc) is 3.08. The summed E-state index contributed by atoms with van der Waals surface area (Å²) in [5.41, 5.74) is 4.98. The largest absolute Gasteiger partial charge is 0.481 e. The molecule has 1 aliphatic rings. The predicted octanol–water partition coefficient (Wildman–Crippen LogP) is 2.95. The van der Waals surface area contributed by atoms with E-state index in [0.717, 1.165) is 47.2 Å². The quantitative estimate of drug-likeness (QED) is 0.779. The third kappa shape index (κ3) is 2.30. The Morgan fingerprint density at radius 1 is 1.43 bits per heavy atom. The highest BCUT2D eigenvalue weighted by molar-refractivity contribution is 5.76. The van der Waals surface area contributed by atoms with E-state index < -0.39 is 5.97 Å². The standard InChI is InChI=1S/C17H18N4O2/c1-10-16-11(9-15(22)23)5-4-8-14(16)21(20-10)17-18-12-6-2-3-7-13(12)19-17/h2-3,6-7,11H,4-5,8-9H2,1H3,(H,18,19)(H,22,23). The molecule has 1 unspecified atom stereocenters. The molecule has 0 saturated carbocycles. The van der Waals surface area contributed by atoms with Gasteiger partial charge < -0.3 is 10.1 Å². The van der Waals surface area contributed by atoms with Gasteiger partial charge in [0, 0.05) is 5.56 Å². The molecular formula is C17H18N4O2. The maximum Gasteiger partial charge on any atom is 0.303 e. The van der Waals surface area contributed by atoms with Gasteiger partial charge in [-0.25, -0.2) is 9.67 Å². The monoisotopic (exact) mass is 310 g/mol. The van der Waals surface area contributed by atoms with Crippen molar-refractivity contribution in [3.05, 3.63) is 41.2 Å². The first-order valence-corrected chi connectivity index (χ1v) is 7.89. The number of aryl methyl sites for hydroxylation is 1. The van der Waals surface area contributed by atoms with Crippen LogP contribution in [0.4, 0.5) is 0 Å². The van der Waals surface area contributed by atoms with Crippen molar-refractivity contribution in [2.24, 2.45) is 0 Å². The summed E-state index contributed by atoms with van der Waals surface area (Å²) >= 11 is 0. The number of fused-ring (bicyclic) bond motifs is 2. The minimum absolute atomic E-state index is 0.0504. The van der Waals surface area contributed by atoms with Gasteiger partial charge in [-0.1, -0.05) is 12.1 Å². The van der Waals surface area contributed by atoms with Crippen molar-refractivity contribution in [2.45, 2.75) is 38.5 Å². The lowest BCUT2D eigenvalue weighted by Gasteiger charge is -2.22. The molecular weight excluding hydrogens is 292 g/mol. The van der Waals surface area contributed by atoms with Crippen molar-refractivity contribution in [3.63, 3.8) is 0 Å². The second-order valence-corrected chi connectivity index (χ2v) is 6.12. The minimum atomic E-state index is -0.751. The van der Waals surface area contributed by atoms with Gasteiger partial charge in [0.15, 0.2) is 0 Å². The number of nitrogens with one attached hydrogen (secondary N) is 1. The molecule has 3 aromatic rings. The summed E-state index contributed by atoms with van der Waals surface area (Å²) in [7, 11) is 0. The van der Waals surface area contributed by atoms with Crippen molar-refractivity contribution >= 4 is 17.0 Å². The first kappa shape index (κ1) is 14.0. The second kappa shape index (κ2) is 5.22. The first-order valence-electron chi connectivity index (χ1n) is 7.89. The highest BCUT2D eigenvalue weighted by atomic mass is 16.4. The summed E-state index contributed by atoms with van der Waals surface area (Å²) in [6.45, 7) is 1.96. The first-order chi connectivity index (χ1) is 11.1. The van der Waals surface area contributed by atoms with Crippen LogP contribution in [0.25, 0.3) is 17.0 Å². The Labute approximate surface area is 133 Å². The molecule has 118 valence electrons. The van der Waals surface area contributed by atoms with Gasteiger partial charge in [0.25, 0.3) is 0 Å². The highest BCUT2D eigenvalue weighted by Crippen LogP contribution is 2.37. The fourth-order valence-corrected chi connectivity index (χ4v) is 3.65. The predicted molar refractivity (Wildman–Crippen MR) is 85.9 cm³/mol. The van der Waals surface area contributed by atoms with Crippen molar-refractivity contribution in [1.29, 1.82) is 0 Å². The number of nitrogens with zero attached hydrogens (tertiary/aromatic N) is 3. The summed E-state index contributed by atoms with van der Waals surface area (Å²) in [5, 5.41) is 13.8. The number of hydrogen-bond acceptors (Lipinski definition) is 3. The molecule has 0 fully saturated rings. The third-order valence-corrected chi connectivity index (χ3v) is 4.58. The maximum atomic E-state index is 11.1. The zero-order valence-corrected chi connectivity index (χ0v) is 12.9. The average molecular weight is 310 g/mol. The van der Waals surface area contributed by atoms with Gasteiger partial charge in [-0.2, -0.15) is 5.10 Å². The van der Waals surface area contributed by atoms with E-state index in [1.54, 1.807) is 0 Å². The van der Waals surface area contributed by atoms with E-state index in [-0.39, 0.29) is 12.3 Å². The highest BCUT2D eigenvalue weighted by Gasteiger charge is 2.29. The Hall–Kier alpha value is -2.63. The zero-order valence-electron chi connectivity index (χ0n) is 12.9. The van der Waals surface area contributed by atoms with Crippen LogP contribution >= 0.6 is 0 Å². The summed E-state index contributed by atoms with van der Waals surface area (Å²) in [4.78, 5) is 19.1. The van der Waals surface area contributed by atoms with Gasteiger partial charge in [-0.15, -0.1) is 0 Å². The molecule has 0 saturated heterocycles. The molecule has 6 heteroatoms. The van der Waals surface area contributed by atoms with Crippen molar-refractivity contribution < 1.29 is 9.90 Å². The molecule has 1 aromatic carbocycles. The molecule has 2 aromatic heterocycles. The molecule has 2 N–H and O–H groups in total. The number of carboxylic acids is 1. The van der Waals surface area contributed by atoms with Gasteiger partial charge in [0.2, 0.25) is 5.95 Å². The molecule has 6 nitrogen and oxygen atoms in total. The van der Waals surface area contributed by atoms with Crippen molar-refractivity contribution in [3.8, 4) is 5.95 Å². The van der Waals surface area contributed by atoms with Crippen LogP contribution in [0.5, 0.6) is 0 Å². The van der Waals surface area contributed by atoms with Crippen LogP contribution in [0, 0.1) is 6.92 Å². The lowest BCUT2D eigenvalue weighted by molar-refractivity contribution is -0.137. The number of aromatic amines is 1. The number of imidazole rings is 1. The van der Waals surface area contributed by atoms with Gasteiger partial charge in [-0.05, 0) is 44.2 Å². The summed E-state index contributed by atoms with van der Waals surface area (Å²) < 4.78 is 1.86. The van der Waals surface area contributed by atoms with E-state index in [1.807, 2.05) is 35.9 Å². The van der Waals surface area contributed by atoms with Crippen LogP contribution in [-0.4, -0.2) is 30.8 Å². The summed E-state index contributed by atoms with van der Waals surface area (Å²) in [6.07, 6.45) is 2.96. The van der Waals surface area contributed by atoms with Crippen LogP contribution in [0.1, 0.15) is 42.1 Å². The number of H-pyrrole nitrogens is 1. The van der Waals surface area contributed by atoms with E-state index in [1.165, 1.54) is 0 Å². The Kier molecular flexibility index (Phi) is 3.18. The molecule has 0 amide bonds. The lowest BCUT2D eigenvalue weighted by atomic mass is 9.83. The van der Waals surface area contributed by atoms with Gasteiger partial charge >= 0.3 is 5.97 Å². The number of para-hydroxylation sites is 2. The molecule has 0 spiro atoms. The normalized spacial score (nSPS) is 17.3. The van der Waals surface area contributed by atoms with Crippen LogP contribution in [0.2, 0.25) is 0 Å². The lowest BCUT2D eigenvalue weighted by Crippen LogP contribution is -2.15. The van der Waals surface area contributed by atoms with Crippen LogP contribution < -0.4 is 0 Å². The topological polar surface area (TPSA) is 83.8 Å². The molecule has 1 atom stereocenters. The van der Waals surface area contributed by atoms with Crippen molar-refractivity contribution in [2.75, 3.05) is 0 Å². The number of aliphatic carboxylic acids is 1. The Bertz CT molecular complexity index is 860. The van der Waals surface area contributed by atoms with E-state index in [4.69, 9.17) is 5.11 Å². The van der Waals surface area contributed by atoms with Gasteiger partial charge in [0.05, 0.1) is 28.8 Å². The number of rotatable bonds is 3. The van der Waals surface area contributed by atoms with Gasteiger partial charge in [0.1, 0.15) is 0 Å². The van der Waals surface area contributed by atoms with Crippen LogP contribution in [-0.2, 0) is 11.2 Å². The molecule has 1 aliphatic carbocycles. The summed E-state index contributed by atoms with van der Waals surface area (Å²) in [5.74, 6) is -0.000333. The second-order valence-electron chi connectivity index (χ2n) is 6.12. The number of hydrogen-bond donors (Lipinski definition) is 2. The van der Waals surface area contributed by atoms with Crippen LogP contribution in [0.3, 0.4) is 0 Å².